The van der Waals surface area contributed by atoms with Gasteiger partial charge in [0.2, 0.25) is 0 Å². The van der Waals surface area contributed by atoms with Crippen LogP contribution in [0.4, 0.5) is 0 Å². The summed E-state index contributed by atoms with van der Waals surface area (Å²) in [6.45, 7) is 1.83. The Morgan fingerprint density at radius 2 is 2.11 bits per heavy atom. The molecule has 0 aliphatic heterocycles. The zero-order valence-electron chi connectivity index (χ0n) is 10.2. The predicted molar refractivity (Wildman–Crippen MR) is 72.8 cm³/mol. The van der Waals surface area contributed by atoms with E-state index < -0.39 is 5.91 Å². The maximum absolute atomic E-state index is 11.2. The quantitative estimate of drug-likeness (QED) is 0.900. The number of rotatable bonds is 2. The van der Waals surface area contributed by atoms with E-state index in [9.17, 15) is 4.79 Å². The summed E-state index contributed by atoms with van der Waals surface area (Å²) in [4.78, 5) is 16.3. The second-order valence-electron chi connectivity index (χ2n) is 4.63. The van der Waals surface area contributed by atoms with Crippen LogP contribution in [-0.2, 0) is 12.8 Å². The highest BCUT2D eigenvalue weighted by molar-refractivity contribution is 7.17. The molecular formula is C14H14N2OS. The highest BCUT2D eigenvalue weighted by Gasteiger charge is 2.16. The second kappa shape index (κ2) is 4.21. The normalized spacial score (nSPS) is 13.6. The first kappa shape index (κ1) is 11.4. The molecule has 0 saturated heterocycles. The molecule has 1 aromatic carbocycles. The van der Waals surface area contributed by atoms with Gasteiger partial charge < -0.3 is 5.73 Å². The minimum atomic E-state index is -0.391. The number of carbonyl (C=O) groups excluding carboxylic acids is 1. The first-order valence-corrected chi connectivity index (χ1v) is 6.86. The van der Waals surface area contributed by atoms with Crippen LogP contribution in [0.3, 0.4) is 0 Å². The van der Waals surface area contributed by atoms with Gasteiger partial charge in [-0.3, -0.25) is 4.79 Å². The first-order valence-electron chi connectivity index (χ1n) is 6.04. The van der Waals surface area contributed by atoms with Gasteiger partial charge in [0, 0.05) is 5.56 Å². The molecule has 0 bridgehead atoms. The van der Waals surface area contributed by atoms with Gasteiger partial charge in [0.25, 0.3) is 5.91 Å². The molecule has 2 aromatic rings. The average molecular weight is 258 g/mol. The molecular weight excluding hydrogens is 244 g/mol. The largest absolute Gasteiger partial charge is 0.365 e. The lowest BCUT2D eigenvalue weighted by Crippen LogP contribution is -2.09. The van der Waals surface area contributed by atoms with Gasteiger partial charge in [-0.25, -0.2) is 4.98 Å². The van der Waals surface area contributed by atoms with Gasteiger partial charge >= 0.3 is 0 Å². The second-order valence-corrected chi connectivity index (χ2v) is 5.63. The fourth-order valence-corrected chi connectivity index (χ4v) is 3.37. The Balaban J connectivity index is 2.05. The monoisotopic (exact) mass is 258 g/mol. The van der Waals surface area contributed by atoms with Crippen molar-refractivity contribution in [1.82, 2.24) is 4.98 Å². The number of hydrogen-bond acceptors (Lipinski definition) is 3. The predicted octanol–water partition coefficient (Wildman–Crippen LogP) is 2.71. The molecule has 1 aromatic heterocycles. The number of amides is 1. The number of primary amides is 1. The zero-order valence-corrected chi connectivity index (χ0v) is 11.0. The minimum Gasteiger partial charge on any atom is -0.365 e. The van der Waals surface area contributed by atoms with Gasteiger partial charge in [-0.2, -0.15) is 0 Å². The van der Waals surface area contributed by atoms with Gasteiger partial charge in [0.05, 0.1) is 5.69 Å². The molecule has 1 aliphatic rings. The van der Waals surface area contributed by atoms with Crippen LogP contribution in [0.1, 0.15) is 32.9 Å². The van der Waals surface area contributed by atoms with Crippen molar-refractivity contribution in [1.29, 1.82) is 0 Å². The molecule has 0 saturated carbocycles. The van der Waals surface area contributed by atoms with Gasteiger partial charge in [-0.05, 0) is 43.4 Å². The Bertz CT molecular complexity index is 631. The van der Waals surface area contributed by atoms with Gasteiger partial charge in [-0.1, -0.05) is 12.1 Å². The third kappa shape index (κ3) is 1.82. The summed E-state index contributed by atoms with van der Waals surface area (Å²) in [6.07, 6.45) is 3.57. The summed E-state index contributed by atoms with van der Waals surface area (Å²) in [5, 5.41) is 0.885. The SMILES string of the molecule is Cc1nc(-c2ccc3c(c2)CCC3)sc1C(N)=O. The molecule has 0 fully saturated rings. The van der Waals surface area contributed by atoms with E-state index >= 15 is 0 Å². The number of aromatic nitrogens is 1. The number of thiazole rings is 1. The van der Waals surface area contributed by atoms with Crippen molar-refractivity contribution >= 4 is 17.2 Å². The van der Waals surface area contributed by atoms with Crippen LogP contribution in [-0.4, -0.2) is 10.9 Å². The maximum Gasteiger partial charge on any atom is 0.260 e. The van der Waals surface area contributed by atoms with Crippen molar-refractivity contribution in [2.45, 2.75) is 26.2 Å². The van der Waals surface area contributed by atoms with E-state index in [1.54, 1.807) is 0 Å². The maximum atomic E-state index is 11.2. The van der Waals surface area contributed by atoms with Crippen LogP contribution >= 0.6 is 11.3 Å². The highest BCUT2D eigenvalue weighted by atomic mass is 32.1. The standard InChI is InChI=1S/C14H14N2OS/c1-8-12(13(15)17)18-14(16-8)11-6-5-9-3-2-4-10(9)7-11/h5-7H,2-4H2,1H3,(H2,15,17). The van der Waals surface area contributed by atoms with E-state index in [0.29, 0.717) is 4.88 Å². The highest BCUT2D eigenvalue weighted by Crippen LogP contribution is 2.31. The molecule has 3 rings (SSSR count). The lowest BCUT2D eigenvalue weighted by atomic mass is 10.1. The van der Waals surface area contributed by atoms with Gasteiger partial charge in [0.1, 0.15) is 9.88 Å². The summed E-state index contributed by atoms with van der Waals surface area (Å²) in [7, 11) is 0. The lowest BCUT2D eigenvalue weighted by molar-refractivity contribution is 0.100. The number of benzene rings is 1. The fraction of sp³-hybridized carbons (Fsp3) is 0.286. The topological polar surface area (TPSA) is 56.0 Å². The Kier molecular flexibility index (Phi) is 2.67. The Morgan fingerprint density at radius 3 is 2.83 bits per heavy atom. The van der Waals surface area contributed by atoms with Crippen molar-refractivity contribution in [3.63, 3.8) is 0 Å². The molecule has 0 spiro atoms. The molecule has 0 atom stereocenters. The van der Waals surface area contributed by atoms with Crippen molar-refractivity contribution in [3.05, 3.63) is 39.9 Å². The average Bonchev–Trinajstić information content (AvgIpc) is 2.93. The Labute approximate surface area is 110 Å². The summed E-state index contributed by atoms with van der Waals surface area (Å²) in [6, 6.07) is 6.47. The van der Waals surface area contributed by atoms with Crippen molar-refractivity contribution in [2.24, 2.45) is 5.73 Å². The number of nitrogens with zero attached hydrogens (tertiary/aromatic N) is 1. The zero-order chi connectivity index (χ0) is 12.7. The summed E-state index contributed by atoms with van der Waals surface area (Å²) < 4.78 is 0. The van der Waals surface area contributed by atoms with Crippen molar-refractivity contribution < 1.29 is 4.79 Å². The van der Waals surface area contributed by atoms with Crippen molar-refractivity contribution in [2.75, 3.05) is 0 Å². The lowest BCUT2D eigenvalue weighted by Gasteiger charge is -2.01. The van der Waals surface area contributed by atoms with Crippen LogP contribution in [0.15, 0.2) is 18.2 Å². The number of fused-ring (bicyclic) bond motifs is 1. The van der Waals surface area contributed by atoms with E-state index in [2.05, 4.69) is 23.2 Å². The number of aryl methyl sites for hydroxylation is 3. The smallest absolute Gasteiger partial charge is 0.260 e. The van der Waals surface area contributed by atoms with E-state index in [-0.39, 0.29) is 0 Å². The molecule has 0 unspecified atom stereocenters. The van der Waals surface area contributed by atoms with E-state index in [4.69, 9.17) is 5.73 Å². The molecule has 92 valence electrons. The molecule has 3 nitrogen and oxygen atoms in total. The van der Waals surface area contributed by atoms with Crippen LogP contribution < -0.4 is 5.73 Å². The van der Waals surface area contributed by atoms with E-state index in [1.165, 1.54) is 35.3 Å². The number of nitrogens with two attached hydrogens (primary N) is 1. The summed E-state index contributed by atoms with van der Waals surface area (Å²) >= 11 is 1.38. The molecule has 1 heterocycles. The van der Waals surface area contributed by atoms with E-state index in [1.807, 2.05) is 6.92 Å². The molecule has 18 heavy (non-hydrogen) atoms. The van der Waals surface area contributed by atoms with Crippen molar-refractivity contribution in [3.8, 4) is 10.6 Å². The van der Waals surface area contributed by atoms with Crippen LogP contribution in [0.5, 0.6) is 0 Å². The molecule has 2 N–H and O–H groups in total. The molecule has 0 radical (unpaired) electrons. The van der Waals surface area contributed by atoms with E-state index in [0.717, 1.165) is 22.7 Å². The number of hydrogen-bond donors (Lipinski definition) is 1. The molecule has 1 amide bonds. The van der Waals surface area contributed by atoms with Crippen LogP contribution in [0.2, 0.25) is 0 Å². The van der Waals surface area contributed by atoms with Gasteiger partial charge in [-0.15, -0.1) is 11.3 Å². The fourth-order valence-electron chi connectivity index (χ4n) is 2.45. The number of carbonyl (C=O) groups is 1. The third-order valence-corrected chi connectivity index (χ3v) is 4.59. The Morgan fingerprint density at radius 1 is 1.33 bits per heavy atom. The third-order valence-electron chi connectivity index (χ3n) is 3.37. The van der Waals surface area contributed by atoms with Crippen LogP contribution in [0.25, 0.3) is 10.6 Å². The minimum absolute atomic E-state index is 0.391. The van der Waals surface area contributed by atoms with Gasteiger partial charge in [0.15, 0.2) is 0 Å². The van der Waals surface area contributed by atoms with Crippen LogP contribution in [0, 0.1) is 6.92 Å². The molecule has 1 aliphatic carbocycles. The summed E-state index contributed by atoms with van der Waals surface area (Å²) in [5.41, 5.74) is 10.0. The first-order chi connectivity index (χ1) is 8.65. The summed E-state index contributed by atoms with van der Waals surface area (Å²) in [5.74, 6) is -0.391. The molecule has 4 heteroatoms. The Hall–Kier alpha value is -1.68.